The van der Waals surface area contributed by atoms with Crippen molar-refractivity contribution in [2.75, 3.05) is 0 Å². The summed E-state index contributed by atoms with van der Waals surface area (Å²) >= 11 is 0. The third kappa shape index (κ3) is 1.81. The van der Waals surface area contributed by atoms with Crippen molar-refractivity contribution in [1.82, 2.24) is 9.55 Å². The first kappa shape index (κ1) is 9.17. The number of aryl methyl sites for hydroxylation is 1. The number of imidazole rings is 1. The summed E-state index contributed by atoms with van der Waals surface area (Å²) in [7, 11) is 1.62. The van der Waals surface area contributed by atoms with Crippen LogP contribution in [0.15, 0.2) is 6.33 Å². The van der Waals surface area contributed by atoms with Crippen LogP contribution in [0.1, 0.15) is 5.69 Å². The Bertz CT molecular complexity index is 356. The lowest BCUT2D eigenvalue weighted by molar-refractivity contribution is -0.390. The normalized spacial score (nSPS) is 9.92. The van der Waals surface area contributed by atoms with E-state index in [1.807, 2.05) is 0 Å². The van der Waals surface area contributed by atoms with E-state index >= 15 is 0 Å². The molecule has 0 fully saturated rings. The van der Waals surface area contributed by atoms with Gasteiger partial charge < -0.3 is 20.4 Å². The highest BCUT2D eigenvalue weighted by atomic mass is 16.6. The maximum Gasteiger partial charge on any atom is 0.385 e. The molecular formula is C6H9N5O2. The van der Waals surface area contributed by atoms with Gasteiger partial charge in [0.15, 0.2) is 0 Å². The Morgan fingerprint density at radius 2 is 2.54 bits per heavy atom. The molecule has 70 valence electrons. The molecule has 1 aromatic rings. The number of nitrogens with two attached hydrogens (primary N) is 1. The molecule has 0 aliphatic rings. The topological polar surface area (TPSA) is 111 Å². The minimum atomic E-state index is -0.585. The van der Waals surface area contributed by atoms with Crippen LogP contribution in [-0.4, -0.2) is 20.3 Å². The quantitative estimate of drug-likeness (QED) is 0.292. The van der Waals surface area contributed by atoms with Crippen LogP contribution in [0.2, 0.25) is 0 Å². The number of hydrogen-bond donors (Lipinski definition) is 2. The maximum absolute atomic E-state index is 10.4. The van der Waals surface area contributed by atoms with Crippen LogP contribution in [0.25, 0.3) is 0 Å². The SMILES string of the molecule is Cn1cnc([N+](=O)[O-])c1CC(=N)N. The van der Waals surface area contributed by atoms with E-state index in [2.05, 4.69) is 4.98 Å². The molecule has 0 aliphatic heterocycles. The number of amidine groups is 1. The molecule has 7 heteroatoms. The van der Waals surface area contributed by atoms with Crippen LogP contribution in [0.3, 0.4) is 0 Å². The summed E-state index contributed by atoms with van der Waals surface area (Å²) in [4.78, 5) is 13.4. The number of hydrogen-bond acceptors (Lipinski definition) is 4. The van der Waals surface area contributed by atoms with Gasteiger partial charge in [-0.05, 0) is 9.91 Å². The van der Waals surface area contributed by atoms with Crippen molar-refractivity contribution in [2.24, 2.45) is 12.8 Å². The first-order valence-electron chi connectivity index (χ1n) is 3.50. The molecule has 1 aromatic heterocycles. The van der Waals surface area contributed by atoms with E-state index < -0.39 is 4.92 Å². The van der Waals surface area contributed by atoms with Gasteiger partial charge in [-0.15, -0.1) is 0 Å². The van der Waals surface area contributed by atoms with E-state index in [-0.39, 0.29) is 18.1 Å². The van der Waals surface area contributed by atoms with Crippen molar-refractivity contribution in [3.8, 4) is 0 Å². The molecule has 0 saturated carbocycles. The zero-order valence-electron chi connectivity index (χ0n) is 7.02. The molecule has 0 radical (unpaired) electrons. The molecule has 7 nitrogen and oxygen atoms in total. The van der Waals surface area contributed by atoms with Gasteiger partial charge in [-0.3, -0.25) is 5.41 Å². The Morgan fingerprint density at radius 1 is 1.92 bits per heavy atom. The maximum atomic E-state index is 10.4. The van der Waals surface area contributed by atoms with E-state index in [0.29, 0.717) is 5.69 Å². The highest BCUT2D eigenvalue weighted by Gasteiger charge is 2.19. The molecule has 1 rings (SSSR count). The van der Waals surface area contributed by atoms with E-state index in [0.717, 1.165) is 0 Å². The van der Waals surface area contributed by atoms with Crippen molar-refractivity contribution in [2.45, 2.75) is 6.42 Å². The van der Waals surface area contributed by atoms with Crippen LogP contribution in [0.5, 0.6) is 0 Å². The van der Waals surface area contributed by atoms with E-state index in [9.17, 15) is 10.1 Å². The molecule has 3 N–H and O–H groups in total. The molecule has 0 aliphatic carbocycles. The number of nitrogens with one attached hydrogen (secondary N) is 1. The molecule has 0 saturated heterocycles. The van der Waals surface area contributed by atoms with Gasteiger partial charge >= 0.3 is 5.82 Å². The van der Waals surface area contributed by atoms with Gasteiger partial charge in [0.05, 0.1) is 12.3 Å². The van der Waals surface area contributed by atoms with Gasteiger partial charge in [-0.2, -0.15) is 0 Å². The van der Waals surface area contributed by atoms with Crippen molar-refractivity contribution in [3.05, 3.63) is 22.1 Å². The van der Waals surface area contributed by atoms with Gasteiger partial charge in [0.1, 0.15) is 5.69 Å². The first-order chi connectivity index (χ1) is 6.02. The molecule has 0 spiro atoms. The van der Waals surface area contributed by atoms with Crippen molar-refractivity contribution >= 4 is 11.7 Å². The first-order valence-corrected chi connectivity index (χ1v) is 3.50. The third-order valence-corrected chi connectivity index (χ3v) is 1.57. The second kappa shape index (κ2) is 3.21. The summed E-state index contributed by atoms with van der Waals surface area (Å²) in [5.74, 6) is -0.357. The fourth-order valence-corrected chi connectivity index (χ4v) is 0.980. The van der Waals surface area contributed by atoms with Crippen LogP contribution < -0.4 is 5.73 Å². The van der Waals surface area contributed by atoms with Crippen LogP contribution in [-0.2, 0) is 13.5 Å². The molecule has 13 heavy (non-hydrogen) atoms. The van der Waals surface area contributed by atoms with Gasteiger partial charge in [-0.1, -0.05) is 0 Å². The average molecular weight is 183 g/mol. The Labute approximate surface area is 73.8 Å². The predicted octanol–water partition coefficient (Wildman–Crippen LogP) is -0.193. The predicted molar refractivity (Wildman–Crippen MR) is 45.5 cm³/mol. The van der Waals surface area contributed by atoms with Crippen LogP contribution in [0, 0.1) is 15.5 Å². The van der Waals surface area contributed by atoms with Gasteiger partial charge in [-0.25, -0.2) is 0 Å². The lowest BCUT2D eigenvalue weighted by Crippen LogP contribution is -2.15. The third-order valence-electron chi connectivity index (χ3n) is 1.57. The zero-order chi connectivity index (χ0) is 10.0. The zero-order valence-corrected chi connectivity index (χ0v) is 7.02. The smallest absolute Gasteiger partial charge is 0.385 e. The molecular weight excluding hydrogens is 174 g/mol. The van der Waals surface area contributed by atoms with Gasteiger partial charge in [0.25, 0.3) is 0 Å². The minimum absolute atomic E-state index is 0.0484. The summed E-state index contributed by atoms with van der Waals surface area (Å²) in [5, 5.41) is 17.5. The van der Waals surface area contributed by atoms with E-state index in [4.69, 9.17) is 11.1 Å². The summed E-state index contributed by atoms with van der Waals surface area (Å²) in [6.45, 7) is 0. The lowest BCUT2D eigenvalue weighted by Gasteiger charge is -1.99. The average Bonchev–Trinajstić information content (AvgIpc) is 2.32. The standard InChI is InChI=1S/C6H9N5O2/c1-10-3-9-6(11(12)13)4(10)2-5(7)8/h3H,2H2,1H3,(H3,7,8). The number of nitrogens with zero attached hydrogens (tertiary/aromatic N) is 3. The minimum Gasteiger partial charge on any atom is -0.387 e. The molecule has 1 heterocycles. The molecule has 0 unspecified atom stereocenters. The van der Waals surface area contributed by atoms with Crippen molar-refractivity contribution in [3.63, 3.8) is 0 Å². The Kier molecular flexibility index (Phi) is 2.27. The highest BCUT2D eigenvalue weighted by molar-refractivity contribution is 5.79. The molecule has 0 bridgehead atoms. The Hall–Kier alpha value is -1.92. The van der Waals surface area contributed by atoms with Crippen molar-refractivity contribution < 1.29 is 4.92 Å². The van der Waals surface area contributed by atoms with E-state index in [1.54, 1.807) is 7.05 Å². The number of nitro groups is 1. The Morgan fingerprint density at radius 3 is 3.00 bits per heavy atom. The van der Waals surface area contributed by atoms with Crippen LogP contribution >= 0.6 is 0 Å². The monoisotopic (exact) mass is 183 g/mol. The van der Waals surface area contributed by atoms with Crippen LogP contribution in [0.4, 0.5) is 5.82 Å². The summed E-state index contributed by atoms with van der Waals surface area (Å²) < 4.78 is 1.49. The largest absolute Gasteiger partial charge is 0.387 e. The number of rotatable bonds is 3. The van der Waals surface area contributed by atoms with Gasteiger partial charge in [0, 0.05) is 7.05 Å². The second-order valence-corrected chi connectivity index (χ2v) is 2.58. The fraction of sp³-hybridized carbons (Fsp3) is 0.333. The van der Waals surface area contributed by atoms with E-state index in [1.165, 1.54) is 10.9 Å². The summed E-state index contributed by atoms with van der Waals surface area (Å²) in [6.07, 6.45) is 1.38. The molecule has 0 atom stereocenters. The fourth-order valence-electron chi connectivity index (χ4n) is 0.980. The molecule has 0 aromatic carbocycles. The summed E-state index contributed by atoms with van der Waals surface area (Å²) in [6, 6.07) is 0. The lowest BCUT2D eigenvalue weighted by atomic mass is 10.3. The van der Waals surface area contributed by atoms with Crippen molar-refractivity contribution in [1.29, 1.82) is 5.41 Å². The molecule has 0 amide bonds. The summed E-state index contributed by atoms with van der Waals surface area (Å²) in [5.41, 5.74) is 5.49. The van der Waals surface area contributed by atoms with Gasteiger partial charge in [0.2, 0.25) is 6.33 Å². The highest BCUT2D eigenvalue weighted by Crippen LogP contribution is 2.14. The number of aromatic nitrogens is 2. The Balaban J connectivity index is 3.08. The second-order valence-electron chi connectivity index (χ2n) is 2.58.